The fraction of sp³-hybridized carbons (Fsp3) is 0.682. The van der Waals surface area contributed by atoms with Crippen molar-refractivity contribution in [3.8, 4) is 0 Å². The minimum atomic E-state index is -1.44. The van der Waals surface area contributed by atoms with Crippen LogP contribution in [-0.4, -0.2) is 111 Å². The second-order valence-electron chi connectivity index (χ2n) is 8.83. The normalized spacial score (nSPS) is 42.8. The molecule has 10 atom stereocenters. The number of hydrogen-bond acceptors (Lipinski definition) is 15. The van der Waals surface area contributed by atoms with Crippen LogP contribution in [0.3, 0.4) is 0 Å². The average Bonchev–Trinajstić information content (AvgIpc) is 3.59. The predicted octanol–water partition coefficient (Wildman–Crippen LogP) is -1.28. The second kappa shape index (κ2) is 11.8. The van der Waals surface area contributed by atoms with Gasteiger partial charge in [0.1, 0.15) is 48.5 Å². The van der Waals surface area contributed by atoms with Gasteiger partial charge < -0.3 is 68.9 Å². The Morgan fingerprint density at radius 2 is 1.57 bits per heavy atom. The highest BCUT2D eigenvalue weighted by Gasteiger charge is 2.50. The Labute approximate surface area is 211 Å². The number of aliphatic hydroxyl groups excluding tert-OH is 7. The Hall–Kier alpha value is -2.63. The maximum Gasteiger partial charge on any atom is 0.229 e. The van der Waals surface area contributed by atoms with E-state index >= 15 is 0 Å². The molecule has 15 nitrogen and oxygen atoms in total. The largest absolute Gasteiger partial charge is 0.512 e. The van der Waals surface area contributed by atoms with Gasteiger partial charge in [0.15, 0.2) is 5.90 Å². The first-order chi connectivity index (χ1) is 17.7. The molecule has 0 aromatic heterocycles. The minimum absolute atomic E-state index is 0.00834. The average molecular weight is 533 g/mol. The maximum atomic E-state index is 10.3. The van der Waals surface area contributed by atoms with E-state index in [1.54, 1.807) is 0 Å². The molecule has 4 saturated heterocycles. The molecule has 4 aliphatic rings. The van der Waals surface area contributed by atoms with Crippen LogP contribution in [0.15, 0.2) is 41.5 Å². The number of rotatable bonds is 9. The molecule has 4 heterocycles. The van der Waals surface area contributed by atoms with E-state index in [1.807, 2.05) is 0 Å². The van der Waals surface area contributed by atoms with E-state index in [4.69, 9.17) is 38.3 Å². The van der Waals surface area contributed by atoms with Crippen molar-refractivity contribution in [3.63, 3.8) is 0 Å². The van der Waals surface area contributed by atoms with E-state index in [-0.39, 0.29) is 49.2 Å². The molecule has 4 aliphatic heterocycles. The number of aliphatic hydroxyl groups is 7. The van der Waals surface area contributed by atoms with E-state index in [1.165, 1.54) is 0 Å². The summed E-state index contributed by atoms with van der Waals surface area (Å²) < 4.78 is 38.8. The first-order valence-electron chi connectivity index (χ1n) is 11.6. The Morgan fingerprint density at radius 1 is 0.919 bits per heavy atom. The molecular weight excluding hydrogens is 502 g/mol. The molecule has 15 heteroatoms. The highest BCUT2D eigenvalue weighted by atomic mass is 16.8. The lowest BCUT2D eigenvalue weighted by Gasteiger charge is -2.28. The van der Waals surface area contributed by atoms with Gasteiger partial charge in [-0.3, -0.25) is 0 Å². The summed E-state index contributed by atoms with van der Waals surface area (Å²) in [5.41, 5.74) is 0. The molecule has 4 fully saturated rings. The van der Waals surface area contributed by atoms with Crippen molar-refractivity contribution in [2.45, 2.75) is 74.9 Å². The molecule has 37 heavy (non-hydrogen) atoms. The van der Waals surface area contributed by atoms with Crippen molar-refractivity contribution in [1.29, 1.82) is 0 Å². The zero-order chi connectivity index (χ0) is 26.7. The van der Waals surface area contributed by atoms with E-state index in [0.717, 1.165) is 6.26 Å². The second-order valence-corrected chi connectivity index (χ2v) is 8.83. The van der Waals surface area contributed by atoms with Crippen LogP contribution < -0.4 is 0 Å². The van der Waals surface area contributed by atoms with Gasteiger partial charge in [-0.05, 0) is 6.58 Å². The first-order valence-corrected chi connectivity index (χ1v) is 11.6. The lowest BCUT2D eigenvalue weighted by Crippen LogP contribution is -2.42. The molecule has 0 aromatic rings. The van der Waals surface area contributed by atoms with Gasteiger partial charge in [-0.25, -0.2) is 0 Å². The molecule has 0 amide bonds. The molecule has 0 spiro atoms. The summed E-state index contributed by atoms with van der Waals surface area (Å²) >= 11 is 0. The molecule has 208 valence electrons. The molecule has 4 rings (SSSR count). The zero-order valence-corrected chi connectivity index (χ0v) is 19.6. The standard InChI is InChI=1S/C22H31NO14/c1-9(23-17-4-13(27)19(30)36-17)32-22-18(37-21-15(29)3-11(6-25)34-21)12(16(7-26)35-22)8-31-20-14(28)2-10(5-24)33-20/h5-6,12-16,18-22,24-30H,1-4,7-8H2/b10-5-,11-6-,23-17?. The maximum absolute atomic E-state index is 10.3. The summed E-state index contributed by atoms with van der Waals surface area (Å²) in [5.74, 6) is -0.760. The van der Waals surface area contributed by atoms with Crippen LogP contribution >= 0.6 is 0 Å². The van der Waals surface area contributed by atoms with E-state index < -0.39 is 68.2 Å². The zero-order valence-electron chi connectivity index (χ0n) is 19.6. The smallest absolute Gasteiger partial charge is 0.229 e. The number of hydrogen-bond donors (Lipinski definition) is 7. The van der Waals surface area contributed by atoms with Crippen molar-refractivity contribution in [2.24, 2.45) is 10.9 Å². The molecular formula is C22H31NO14. The van der Waals surface area contributed by atoms with E-state index in [9.17, 15) is 30.6 Å². The van der Waals surface area contributed by atoms with Crippen LogP contribution in [0.2, 0.25) is 0 Å². The van der Waals surface area contributed by atoms with Crippen molar-refractivity contribution in [2.75, 3.05) is 13.2 Å². The first kappa shape index (κ1) is 27.4. The van der Waals surface area contributed by atoms with Gasteiger partial charge in [0.25, 0.3) is 0 Å². The van der Waals surface area contributed by atoms with Crippen molar-refractivity contribution in [3.05, 3.63) is 36.5 Å². The van der Waals surface area contributed by atoms with Crippen LogP contribution in [0.1, 0.15) is 19.3 Å². The van der Waals surface area contributed by atoms with Gasteiger partial charge in [-0.15, -0.1) is 0 Å². The van der Waals surface area contributed by atoms with E-state index in [0.29, 0.717) is 6.26 Å². The lowest BCUT2D eigenvalue weighted by atomic mass is 9.99. The highest BCUT2D eigenvalue weighted by Crippen LogP contribution is 2.36. The van der Waals surface area contributed by atoms with Gasteiger partial charge >= 0.3 is 0 Å². The summed E-state index contributed by atoms with van der Waals surface area (Å²) in [6.07, 6.45) is -8.92. The van der Waals surface area contributed by atoms with Gasteiger partial charge in [-0.1, -0.05) is 0 Å². The SMILES string of the molecule is C=C(N=C1CC(O)C(O)O1)OC1OC(CO)C(COC2O/C(=C\O)CC2O)C1OC1O/C(=C\O)CC1O. The van der Waals surface area contributed by atoms with Gasteiger partial charge in [0, 0.05) is 18.8 Å². The Morgan fingerprint density at radius 3 is 2.14 bits per heavy atom. The van der Waals surface area contributed by atoms with Gasteiger partial charge in [0.2, 0.25) is 31.0 Å². The third-order valence-corrected chi connectivity index (χ3v) is 6.14. The van der Waals surface area contributed by atoms with Crippen LogP contribution in [0.4, 0.5) is 0 Å². The Bertz CT molecular complexity index is 896. The Balaban J connectivity index is 1.48. The number of nitrogens with zero attached hydrogens (tertiary/aromatic N) is 1. The number of ether oxygens (including phenoxy) is 7. The minimum Gasteiger partial charge on any atom is -0.512 e. The lowest BCUT2D eigenvalue weighted by molar-refractivity contribution is -0.227. The van der Waals surface area contributed by atoms with Crippen LogP contribution in [0.5, 0.6) is 0 Å². The van der Waals surface area contributed by atoms with Crippen molar-refractivity contribution in [1.82, 2.24) is 0 Å². The molecule has 7 N–H and O–H groups in total. The fourth-order valence-electron chi connectivity index (χ4n) is 4.27. The topological polar surface area (TPSA) is 219 Å². The molecule has 0 aromatic carbocycles. The van der Waals surface area contributed by atoms with E-state index in [2.05, 4.69) is 11.6 Å². The van der Waals surface area contributed by atoms with Crippen LogP contribution in [0, 0.1) is 5.92 Å². The van der Waals surface area contributed by atoms with Gasteiger partial charge in [-0.2, -0.15) is 4.99 Å². The number of aliphatic imine (C=N–C) groups is 1. The quantitative estimate of drug-likeness (QED) is 0.172. The van der Waals surface area contributed by atoms with Gasteiger partial charge in [0.05, 0.1) is 25.7 Å². The predicted molar refractivity (Wildman–Crippen MR) is 118 cm³/mol. The summed E-state index contributed by atoms with van der Waals surface area (Å²) in [4.78, 5) is 3.98. The molecule has 0 saturated carbocycles. The Kier molecular flexibility index (Phi) is 8.76. The van der Waals surface area contributed by atoms with Crippen LogP contribution in [-0.2, 0) is 33.2 Å². The molecule has 0 bridgehead atoms. The third kappa shape index (κ3) is 6.27. The summed E-state index contributed by atoms with van der Waals surface area (Å²) in [5, 5.41) is 67.9. The summed E-state index contributed by atoms with van der Waals surface area (Å²) in [7, 11) is 0. The fourth-order valence-corrected chi connectivity index (χ4v) is 4.27. The summed E-state index contributed by atoms with van der Waals surface area (Å²) in [6, 6.07) is 0. The third-order valence-electron chi connectivity index (χ3n) is 6.14. The van der Waals surface area contributed by atoms with Crippen LogP contribution in [0.25, 0.3) is 0 Å². The van der Waals surface area contributed by atoms with Crippen molar-refractivity contribution < 1.29 is 68.9 Å². The molecule has 0 aliphatic carbocycles. The molecule has 10 unspecified atom stereocenters. The molecule has 0 radical (unpaired) electrons. The highest BCUT2D eigenvalue weighted by molar-refractivity contribution is 5.79. The monoisotopic (exact) mass is 533 g/mol. The van der Waals surface area contributed by atoms with Crippen molar-refractivity contribution >= 4 is 5.90 Å². The summed E-state index contributed by atoms with van der Waals surface area (Å²) in [6.45, 7) is 3.00.